The van der Waals surface area contributed by atoms with E-state index < -0.39 is 6.03 Å². The highest BCUT2D eigenvalue weighted by Crippen LogP contribution is 2.18. The summed E-state index contributed by atoms with van der Waals surface area (Å²) in [7, 11) is 0. The lowest BCUT2D eigenvalue weighted by molar-refractivity contribution is 0.256. The van der Waals surface area contributed by atoms with E-state index >= 15 is 0 Å². The van der Waals surface area contributed by atoms with Gasteiger partial charge >= 0.3 is 6.03 Å². The molecule has 0 aromatic heterocycles. The van der Waals surface area contributed by atoms with Crippen LogP contribution in [0.5, 0.6) is 0 Å². The molecule has 1 saturated heterocycles. The van der Waals surface area contributed by atoms with Gasteiger partial charge in [0.25, 0.3) is 0 Å². The van der Waals surface area contributed by atoms with Gasteiger partial charge in [0.2, 0.25) is 0 Å². The fourth-order valence-electron chi connectivity index (χ4n) is 2.60. The number of amides is 2. The van der Waals surface area contributed by atoms with Crippen molar-refractivity contribution < 1.29 is 4.79 Å². The topological polar surface area (TPSA) is 57.1 Å². The van der Waals surface area contributed by atoms with Gasteiger partial charge in [-0.15, -0.1) is 6.58 Å². The molecule has 1 fully saturated rings. The molecule has 19 heavy (non-hydrogen) atoms. The Bertz CT molecular complexity index is 644. The first kappa shape index (κ1) is 12.0. The predicted octanol–water partition coefficient (Wildman–Crippen LogP) is 0.197. The number of anilines is 1. The molecule has 2 heterocycles. The number of allylic oxidation sites excluding steroid dienone is 1. The maximum Gasteiger partial charge on any atom is 0.368 e. The number of fused-ring (bicyclic) bond motifs is 1. The van der Waals surface area contributed by atoms with Crippen molar-refractivity contribution in [3.05, 3.63) is 41.1 Å². The van der Waals surface area contributed by atoms with Crippen molar-refractivity contribution in [3.8, 4) is 0 Å². The van der Waals surface area contributed by atoms with Crippen molar-refractivity contribution in [3.63, 3.8) is 0 Å². The normalized spacial score (nSPS) is 17.7. The molecule has 0 atom stereocenters. The van der Waals surface area contributed by atoms with E-state index in [4.69, 9.17) is 0 Å². The van der Waals surface area contributed by atoms with Gasteiger partial charge in [0.05, 0.1) is 5.36 Å². The molecule has 0 saturated carbocycles. The van der Waals surface area contributed by atoms with Crippen LogP contribution < -0.4 is 20.9 Å². The molecule has 2 aliphatic rings. The summed E-state index contributed by atoms with van der Waals surface area (Å²) in [6, 6.07) is 3.52. The lowest BCUT2D eigenvalue weighted by Crippen LogP contribution is -2.45. The van der Waals surface area contributed by atoms with E-state index in [1.54, 1.807) is 0 Å². The van der Waals surface area contributed by atoms with Crippen LogP contribution in [0, 0.1) is 0 Å². The minimum Gasteiger partial charge on any atom is -0.369 e. The van der Waals surface area contributed by atoms with Crippen LogP contribution in [0.25, 0.3) is 0 Å². The average Bonchev–Trinajstić information content (AvgIpc) is 2.81. The lowest BCUT2D eigenvalue weighted by Gasteiger charge is -2.31. The third-order valence-corrected chi connectivity index (χ3v) is 3.47. The fourth-order valence-corrected chi connectivity index (χ4v) is 2.60. The molecule has 5 heteroatoms. The Morgan fingerprint density at radius 2 is 2.11 bits per heavy atom. The van der Waals surface area contributed by atoms with Crippen molar-refractivity contribution in [2.75, 3.05) is 31.1 Å². The smallest absolute Gasteiger partial charge is 0.368 e. The van der Waals surface area contributed by atoms with E-state index in [0.717, 1.165) is 42.8 Å². The summed E-state index contributed by atoms with van der Waals surface area (Å²) >= 11 is 0. The number of hydrogen-bond acceptors (Lipinski definition) is 3. The molecule has 0 radical (unpaired) electrons. The molecule has 98 valence electrons. The summed E-state index contributed by atoms with van der Waals surface area (Å²) in [5.41, 5.74) is 2.21. The van der Waals surface area contributed by atoms with Crippen LogP contribution in [-0.4, -0.2) is 32.2 Å². The second-order valence-electron chi connectivity index (χ2n) is 4.67. The Kier molecular flexibility index (Phi) is 3.13. The lowest BCUT2D eigenvalue weighted by atomic mass is 10.1. The largest absolute Gasteiger partial charge is 0.369 e. The highest BCUT2D eigenvalue weighted by molar-refractivity contribution is 5.78. The fraction of sp³-hybridized carbons (Fsp3) is 0.357. The Labute approximate surface area is 111 Å². The van der Waals surface area contributed by atoms with Crippen LogP contribution >= 0.6 is 0 Å². The SMILES string of the molecule is C=CCc1c(N2CCNCC2)ccc2c1=NC(=O)N=2. The molecule has 2 aliphatic heterocycles. The zero-order valence-electron chi connectivity index (χ0n) is 10.7. The Morgan fingerprint density at radius 3 is 2.84 bits per heavy atom. The Balaban J connectivity index is 2.13. The van der Waals surface area contributed by atoms with Gasteiger partial charge < -0.3 is 10.2 Å². The highest BCUT2D eigenvalue weighted by atomic mass is 16.2. The van der Waals surface area contributed by atoms with Gasteiger partial charge in [-0.05, 0) is 18.6 Å². The highest BCUT2D eigenvalue weighted by Gasteiger charge is 2.17. The number of urea groups is 1. The van der Waals surface area contributed by atoms with Crippen LogP contribution in [0.4, 0.5) is 10.5 Å². The van der Waals surface area contributed by atoms with E-state index in [2.05, 4.69) is 26.8 Å². The number of benzene rings is 1. The summed E-state index contributed by atoms with van der Waals surface area (Å²) in [5.74, 6) is 0. The number of nitrogens with zero attached hydrogens (tertiary/aromatic N) is 3. The van der Waals surface area contributed by atoms with Crippen LogP contribution in [-0.2, 0) is 6.42 Å². The van der Waals surface area contributed by atoms with Gasteiger partial charge in [-0.1, -0.05) is 6.08 Å². The molecular weight excluding hydrogens is 240 g/mol. The average molecular weight is 256 g/mol. The predicted molar refractivity (Wildman–Crippen MR) is 73.1 cm³/mol. The van der Waals surface area contributed by atoms with Gasteiger partial charge in [-0.2, -0.15) is 9.98 Å². The molecule has 3 rings (SSSR count). The van der Waals surface area contributed by atoms with Gasteiger partial charge in [-0.25, -0.2) is 4.79 Å². The standard InChI is InChI=1S/C14H16N4O/c1-2-3-10-12(18-8-6-15-7-9-18)5-4-11-13(10)17-14(19)16-11/h2,4-5,15H,1,3,6-9H2. The van der Waals surface area contributed by atoms with E-state index in [1.165, 1.54) is 0 Å². The zero-order chi connectivity index (χ0) is 13.2. The van der Waals surface area contributed by atoms with Crippen molar-refractivity contribution in [1.29, 1.82) is 0 Å². The molecule has 1 aromatic carbocycles. The number of rotatable bonds is 3. The molecular formula is C14H16N4O. The van der Waals surface area contributed by atoms with Crippen LogP contribution in [0.3, 0.4) is 0 Å². The number of carbonyl (C=O) groups excluding carboxylic acids is 1. The molecule has 2 amide bonds. The Hall–Kier alpha value is -2.01. The Morgan fingerprint density at radius 1 is 1.32 bits per heavy atom. The van der Waals surface area contributed by atoms with Crippen LogP contribution in [0.2, 0.25) is 0 Å². The van der Waals surface area contributed by atoms with Gasteiger partial charge in [0.1, 0.15) is 5.36 Å². The first-order valence-electron chi connectivity index (χ1n) is 6.49. The van der Waals surface area contributed by atoms with E-state index in [9.17, 15) is 4.79 Å². The molecule has 0 unspecified atom stereocenters. The zero-order valence-corrected chi connectivity index (χ0v) is 10.7. The first-order valence-corrected chi connectivity index (χ1v) is 6.49. The van der Waals surface area contributed by atoms with Crippen molar-refractivity contribution in [2.45, 2.75) is 6.42 Å². The molecule has 1 N–H and O–H groups in total. The van der Waals surface area contributed by atoms with Crippen molar-refractivity contribution in [1.82, 2.24) is 5.32 Å². The molecule has 0 aliphatic carbocycles. The van der Waals surface area contributed by atoms with E-state index in [-0.39, 0.29) is 0 Å². The second-order valence-corrected chi connectivity index (χ2v) is 4.67. The van der Waals surface area contributed by atoms with Crippen LogP contribution in [0.1, 0.15) is 5.56 Å². The van der Waals surface area contributed by atoms with Crippen LogP contribution in [0.15, 0.2) is 34.8 Å². The van der Waals surface area contributed by atoms with Gasteiger partial charge in [-0.3, -0.25) is 0 Å². The van der Waals surface area contributed by atoms with E-state index in [0.29, 0.717) is 11.8 Å². The summed E-state index contributed by atoms with van der Waals surface area (Å²) in [6.07, 6.45) is 2.55. The first-order chi connectivity index (χ1) is 9.29. The van der Waals surface area contributed by atoms with Crippen molar-refractivity contribution >= 4 is 11.7 Å². The summed E-state index contributed by atoms with van der Waals surface area (Å²) in [6.45, 7) is 7.69. The minimum absolute atomic E-state index is 0.405. The third kappa shape index (κ3) is 2.17. The number of nitrogens with one attached hydrogen (secondary N) is 1. The van der Waals surface area contributed by atoms with Gasteiger partial charge in [0, 0.05) is 37.4 Å². The molecule has 0 bridgehead atoms. The summed E-state index contributed by atoms with van der Waals surface area (Å²) < 4.78 is 0. The number of hydrogen-bond donors (Lipinski definition) is 1. The number of carbonyl (C=O) groups is 1. The molecule has 1 aromatic rings. The second kappa shape index (κ2) is 4.93. The summed E-state index contributed by atoms with van der Waals surface area (Å²) in [4.78, 5) is 21.6. The van der Waals surface area contributed by atoms with Crippen molar-refractivity contribution in [2.24, 2.45) is 9.98 Å². The number of piperazine rings is 1. The third-order valence-electron chi connectivity index (χ3n) is 3.47. The van der Waals surface area contributed by atoms with Gasteiger partial charge in [0.15, 0.2) is 0 Å². The van der Waals surface area contributed by atoms with E-state index in [1.807, 2.05) is 18.2 Å². The maximum atomic E-state index is 11.4. The monoisotopic (exact) mass is 256 g/mol. The minimum atomic E-state index is -0.405. The molecule has 0 spiro atoms. The quantitative estimate of drug-likeness (QED) is 0.786. The maximum absolute atomic E-state index is 11.4. The molecule has 5 nitrogen and oxygen atoms in total. The summed E-state index contributed by atoms with van der Waals surface area (Å²) in [5, 5.41) is 4.74.